The largest absolute Gasteiger partial charge is 0.491 e. The Hall–Kier alpha value is -2.50. The van der Waals surface area contributed by atoms with Crippen LogP contribution in [0.2, 0.25) is 0 Å². The van der Waals surface area contributed by atoms with Gasteiger partial charge in [-0.1, -0.05) is 51.9 Å². The summed E-state index contributed by atoms with van der Waals surface area (Å²) in [6.07, 6.45) is 1.45. The standard InChI is InChI=1S/C24H33N3O6S2/c1-7-24(8-2,20-11-12-22(34-20)35(31,32)25-14-21(28)27-30)17-9-10-18(16(3)13-17)33-15-19(26-29)23(4,5)6/h9-13,19,25H,7-8,14-15H2,1-6H3. The van der Waals surface area contributed by atoms with E-state index in [1.165, 1.54) is 6.07 Å². The monoisotopic (exact) mass is 523 g/mol. The number of sulfonamides is 1. The predicted molar refractivity (Wildman–Crippen MR) is 137 cm³/mol. The van der Waals surface area contributed by atoms with E-state index in [4.69, 9.17) is 4.74 Å². The summed E-state index contributed by atoms with van der Waals surface area (Å²) in [6, 6.07) is 8.68. The fourth-order valence-electron chi connectivity index (χ4n) is 3.85. The Labute approximate surface area is 210 Å². The van der Waals surface area contributed by atoms with E-state index < -0.39 is 33.9 Å². The Bertz CT molecular complexity index is 1160. The van der Waals surface area contributed by atoms with Crippen molar-refractivity contribution in [2.24, 2.45) is 15.8 Å². The van der Waals surface area contributed by atoms with Crippen LogP contribution >= 0.6 is 11.3 Å². The molecule has 9 nitrogen and oxygen atoms in total. The van der Waals surface area contributed by atoms with Crippen molar-refractivity contribution in [3.8, 4) is 5.75 Å². The molecule has 1 amide bonds. The minimum Gasteiger partial charge on any atom is -0.491 e. The molecule has 1 unspecified atom stereocenters. The third-order valence-electron chi connectivity index (χ3n) is 6.29. The van der Waals surface area contributed by atoms with Crippen LogP contribution < -0.4 is 9.46 Å². The topological polar surface area (TPSA) is 131 Å². The maximum absolute atomic E-state index is 12.6. The van der Waals surface area contributed by atoms with E-state index in [0.29, 0.717) is 5.75 Å². The molecular formula is C24H33N3O6S2. The number of nitrogens with one attached hydrogen (secondary N) is 1. The number of nitroso groups, excluding NO2 is 2. The van der Waals surface area contributed by atoms with Gasteiger partial charge in [0.15, 0.2) is 0 Å². The number of carbonyl (C=O) groups is 1. The molecule has 1 N–H and O–H groups in total. The second kappa shape index (κ2) is 11.5. The zero-order valence-electron chi connectivity index (χ0n) is 21.0. The molecule has 11 heteroatoms. The number of hydrogen-bond donors (Lipinski definition) is 1. The highest BCUT2D eigenvalue weighted by Gasteiger charge is 2.34. The summed E-state index contributed by atoms with van der Waals surface area (Å²) in [7, 11) is -3.95. The fraction of sp³-hybridized carbons (Fsp3) is 0.542. The van der Waals surface area contributed by atoms with Crippen molar-refractivity contribution >= 4 is 27.3 Å². The molecule has 0 aliphatic carbocycles. The van der Waals surface area contributed by atoms with Gasteiger partial charge in [-0.3, -0.25) is 4.79 Å². The number of thiophene rings is 1. The molecule has 0 radical (unpaired) electrons. The average Bonchev–Trinajstić information content (AvgIpc) is 3.31. The lowest BCUT2D eigenvalue weighted by molar-refractivity contribution is -0.116. The Kier molecular flexibility index (Phi) is 9.43. The maximum Gasteiger partial charge on any atom is 0.301 e. The molecule has 2 rings (SSSR count). The van der Waals surface area contributed by atoms with Crippen LogP contribution in [0.4, 0.5) is 0 Å². The number of aryl methyl sites for hydroxylation is 1. The third-order valence-corrected chi connectivity index (χ3v) is 9.47. The molecule has 1 aromatic heterocycles. The van der Waals surface area contributed by atoms with E-state index in [2.05, 4.69) is 15.1 Å². The lowest BCUT2D eigenvalue weighted by Gasteiger charge is -2.32. The summed E-state index contributed by atoms with van der Waals surface area (Å²) < 4.78 is 33.3. The van der Waals surface area contributed by atoms with Crippen LogP contribution in [0.5, 0.6) is 5.75 Å². The van der Waals surface area contributed by atoms with Gasteiger partial charge in [0.1, 0.15) is 22.6 Å². The lowest BCUT2D eigenvalue weighted by atomic mass is 9.74. The molecular weight excluding hydrogens is 490 g/mol. The Morgan fingerprint density at radius 1 is 1.11 bits per heavy atom. The summed E-state index contributed by atoms with van der Waals surface area (Å²) in [5.74, 6) is -0.419. The highest BCUT2D eigenvalue weighted by atomic mass is 32.2. The normalized spacial score (nSPS) is 13.3. The van der Waals surface area contributed by atoms with Gasteiger partial charge in [0.05, 0.1) is 6.54 Å². The maximum atomic E-state index is 12.6. The van der Waals surface area contributed by atoms with E-state index in [9.17, 15) is 23.0 Å². The molecule has 192 valence electrons. The zero-order valence-corrected chi connectivity index (χ0v) is 22.6. The van der Waals surface area contributed by atoms with Gasteiger partial charge >= 0.3 is 5.91 Å². The summed E-state index contributed by atoms with van der Waals surface area (Å²) in [5, 5.41) is 5.42. The van der Waals surface area contributed by atoms with Crippen molar-refractivity contribution in [1.82, 2.24) is 4.72 Å². The van der Waals surface area contributed by atoms with E-state index >= 15 is 0 Å². The van der Waals surface area contributed by atoms with Gasteiger partial charge in [-0.05, 0) is 54.5 Å². The van der Waals surface area contributed by atoms with Crippen molar-refractivity contribution < 1.29 is 17.9 Å². The summed E-state index contributed by atoms with van der Waals surface area (Å²) in [6.45, 7) is 11.4. The van der Waals surface area contributed by atoms with E-state index in [-0.39, 0.29) is 16.2 Å². The van der Waals surface area contributed by atoms with Crippen LogP contribution in [0.25, 0.3) is 0 Å². The molecule has 0 saturated carbocycles. The quantitative estimate of drug-likeness (QED) is 0.376. The van der Waals surface area contributed by atoms with Gasteiger partial charge in [0, 0.05) is 15.5 Å². The first-order valence-corrected chi connectivity index (χ1v) is 13.7. The first-order chi connectivity index (χ1) is 16.3. The molecule has 1 atom stereocenters. The molecule has 0 aliphatic heterocycles. The van der Waals surface area contributed by atoms with Gasteiger partial charge in [0.25, 0.3) is 10.0 Å². The molecule has 2 aromatic rings. The lowest BCUT2D eigenvalue weighted by Crippen LogP contribution is -2.30. The summed E-state index contributed by atoms with van der Waals surface area (Å²) in [5.41, 5.74) is 1.18. The minimum atomic E-state index is -3.95. The smallest absolute Gasteiger partial charge is 0.301 e. The van der Waals surface area contributed by atoms with Crippen LogP contribution in [0.15, 0.2) is 44.9 Å². The zero-order chi connectivity index (χ0) is 26.4. The van der Waals surface area contributed by atoms with Crippen LogP contribution in [0, 0.1) is 22.2 Å². The van der Waals surface area contributed by atoms with Gasteiger partial charge in [-0.25, -0.2) is 13.1 Å². The highest BCUT2D eigenvalue weighted by Crippen LogP contribution is 2.44. The van der Waals surface area contributed by atoms with Crippen LogP contribution in [-0.4, -0.2) is 33.5 Å². The predicted octanol–water partition coefficient (Wildman–Crippen LogP) is 5.29. The third kappa shape index (κ3) is 6.59. The number of amides is 1. The highest BCUT2D eigenvalue weighted by molar-refractivity contribution is 7.91. The summed E-state index contributed by atoms with van der Waals surface area (Å²) in [4.78, 5) is 33.5. The van der Waals surface area contributed by atoms with Gasteiger partial charge in [-0.15, -0.1) is 16.2 Å². The second-order valence-electron chi connectivity index (χ2n) is 9.50. The number of nitrogens with zero attached hydrogens (tertiary/aromatic N) is 2. The van der Waals surface area contributed by atoms with E-state index in [1.54, 1.807) is 6.07 Å². The van der Waals surface area contributed by atoms with Crippen molar-refractivity contribution in [2.45, 2.75) is 70.1 Å². The molecule has 0 aliphatic rings. The molecule has 1 aromatic carbocycles. The Morgan fingerprint density at radius 2 is 1.77 bits per heavy atom. The first-order valence-electron chi connectivity index (χ1n) is 11.4. The van der Waals surface area contributed by atoms with Crippen molar-refractivity contribution in [3.63, 3.8) is 0 Å². The van der Waals surface area contributed by atoms with E-state index in [0.717, 1.165) is 40.2 Å². The second-order valence-corrected chi connectivity index (χ2v) is 12.6. The Morgan fingerprint density at radius 3 is 2.29 bits per heavy atom. The SMILES string of the molecule is CCC(CC)(c1ccc(OCC(N=O)C(C)(C)C)c(C)c1)c1ccc(S(=O)(=O)NCC(=O)N=O)s1. The molecule has 0 spiro atoms. The molecule has 0 bridgehead atoms. The number of carbonyl (C=O) groups excluding carboxylic acids is 1. The van der Waals surface area contributed by atoms with Crippen LogP contribution in [-0.2, 0) is 20.2 Å². The average molecular weight is 524 g/mol. The van der Waals surface area contributed by atoms with E-state index in [1.807, 2.05) is 59.7 Å². The minimum absolute atomic E-state index is 0.0590. The number of benzene rings is 1. The first kappa shape index (κ1) is 28.7. The number of rotatable bonds is 12. The molecule has 0 fully saturated rings. The van der Waals surface area contributed by atoms with Crippen molar-refractivity contribution in [3.05, 3.63) is 56.2 Å². The fourth-order valence-corrected chi connectivity index (χ4v) is 6.53. The molecule has 1 heterocycles. The van der Waals surface area contributed by atoms with Crippen molar-refractivity contribution in [2.75, 3.05) is 13.2 Å². The number of hydrogen-bond acceptors (Lipinski definition) is 8. The molecule has 0 saturated heterocycles. The Balaban J connectivity index is 2.35. The van der Waals surface area contributed by atoms with Gasteiger partial charge in [0.2, 0.25) is 0 Å². The molecule has 35 heavy (non-hydrogen) atoms. The summed E-state index contributed by atoms with van der Waals surface area (Å²) >= 11 is 1.13. The van der Waals surface area contributed by atoms with Crippen LogP contribution in [0.3, 0.4) is 0 Å². The number of ether oxygens (including phenoxy) is 1. The van der Waals surface area contributed by atoms with Crippen LogP contribution in [0.1, 0.15) is 63.5 Å². The van der Waals surface area contributed by atoms with Crippen molar-refractivity contribution in [1.29, 1.82) is 0 Å². The van der Waals surface area contributed by atoms with Gasteiger partial charge < -0.3 is 4.74 Å². The van der Waals surface area contributed by atoms with Gasteiger partial charge in [-0.2, -0.15) is 4.91 Å².